The maximum absolute atomic E-state index is 5.10. The van der Waals surface area contributed by atoms with Crippen LogP contribution >= 0.6 is 0 Å². The Morgan fingerprint density at radius 3 is 1.21 bits per heavy atom. The second-order valence-corrected chi connectivity index (χ2v) is 12.1. The summed E-state index contributed by atoms with van der Waals surface area (Å²) < 4.78 is 0. The fraction of sp³-hybridized carbons (Fsp3) is 0.800. The van der Waals surface area contributed by atoms with Crippen molar-refractivity contribution in [1.82, 2.24) is 4.98 Å². The average molecular weight is 378 g/mol. The zero-order valence-electron chi connectivity index (χ0n) is 17.1. The van der Waals surface area contributed by atoms with E-state index < -0.39 is 0 Å². The van der Waals surface area contributed by atoms with Crippen LogP contribution in [-0.4, -0.2) is 16.1 Å². The van der Waals surface area contributed by atoms with Crippen molar-refractivity contribution in [2.45, 2.75) is 88.1 Å². The summed E-state index contributed by atoms with van der Waals surface area (Å²) >= 11 is 0. The van der Waals surface area contributed by atoms with Gasteiger partial charge in [0.1, 0.15) is 11.6 Å². The highest BCUT2D eigenvalue weighted by Gasteiger charge is 2.52. The number of anilines is 2. The number of hydrogen-bond acceptors (Lipinski definition) is 3. The van der Waals surface area contributed by atoms with Crippen LogP contribution in [0.2, 0.25) is 0 Å². The van der Waals surface area contributed by atoms with E-state index in [-0.39, 0.29) is 0 Å². The minimum absolute atomic E-state index is 0.348. The summed E-state index contributed by atoms with van der Waals surface area (Å²) in [6, 6.07) is 6.64. The standard InChI is InChI=1S/C25H35N3/c1-2-22(27-24-10-16-4-17(11-24)6-18(5-16)12-24)26-23(3-1)28-25-13-19-7-20(14-25)9-21(8-19)15-25/h1-3,16-21H,4-15H2,(H2,26,27,28). The van der Waals surface area contributed by atoms with E-state index in [1.165, 1.54) is 77.0 Å². The lowest BCUT2D eigenvalue weighted by Crippen LogP contribution is -2.55. The molecule has 2 N–H and O–H groups in total. The summed E-state index contributed by atoms with van der Waals surface area (Å²) in [5, 5.41) is 7.97. The van der Waals surface area contributed by atoms with Crippen LogP contribution in [0.15, 0.2) is 18.2 Å². The van der Waals surface area contributed by atoms with Crippen LogP contribution in [0.5, 0.6) is 0 Å². The predicted octanol–water partition coefficient (Wildman–Crippen LogP) is 5.84. The SMILES string of the molecule is c1cc(NC23CC4CC(CC(C4)C2)C3)nc(NC23CC4CC(CC(C4)C2)C3)c1. The number of nitrogens with zero attached hydrogens (tertiary/aromatic N) is 1. The molecule has 0 amide bonds. The minimum atomic E-state index is 0.348. The molecule has 28 heavy (non-hydrogen) atoms. The van der Waals surface area contributed by atoms with Crippen LogP contribution in [0.25, 0.3) is 0 Å². The average Bonchev–Trinajstić information content (AvgIpc) is 2.58. The summed E-state index contributed by atoms with van der Waals surface area (Å²) in [6.45, 7) is 0. The second-order valence-electron chi connectivity index (χ2n) is 12.1. The zero-order valence-corrected chi connectivity index (χ0v) is 17.1. The molecule has 1 aromatic rings. The molecule has 1 aromatic heterocycles. The van der Waals surface area contributed by atoms with Gasteiger partial charge in [0, 0.05) is 11.1 Å². The normalized spacial score (nSPS) is 50.1. The first-order valence-electron chi connectivity index (χ1n) is 12.2. The second kappa shape index (κ2) is 5.67. The molecule has 8 fully saturated rings. The summed E-state index contributed by atoms with van der Waals surface area (Å²) in [5.41, 5.74) is 0.697. The fourth-order valence-corrected chi connectivity index (χ4v) is 9.64. The first-order valence-corrected chi connectivity index (χ1v) is 12.2. The first-order chi connectivity index (χ1) is 13.6. The summed E-state index contributed by atoms with van der Waals surface area (Å²) in [4.78, 5) is 5.10. The van der Waals surface area contributed by atoms with E-state index in [0.29, 0.717) is 11.1 Å². The Kier molecular flexibility index (Phi) is 3.35. The third-order valence-corrected chi connectivity index (χ3v) is 9.61. The van der Waals surface area contributed by atoms with Crippen LogP contribution in [0, 0.1) is 35.5 Å². The van der Waals surface area contributed by atoms with E-state index in [9.17, 15) is 0 Å². The van der Waals surface area contributed by atoms with E-state index in [4.69, 9.17) is 4.98 Å². The summed E-state index contributed by atoms with van der Waals surface area (Å²) in [7, 11) is 0. The van der Waals surface area contributed by atoms with Crippen molar-refractivity contribution in [1.29, 1.82) is 0 Å². The molecule has 0 saturated heterocycles. The molecule has 8 aliphatic carbocycles. The summed E-state index contributed by atoms with van der Waals surface area (Å²) in [5.74, 6) is 8.12. The Hall–Kier alpha value is -1.25. The van der Waals surface area contributed by atoms with E-state index >= 15 is 0 Å². The third kappa shape index (κ3) is 2.64. The Balaban J connectivity index is 1.12. The molecule has 3 heteroatoms. The lowest BCUT2D eigenvalue weighted by molar-refractivity contribution is 0.0102. The molecular weight excluding hydrogens is 342 g/mol. The number of nitrogens with one attached hydrogen (secondary N) is 2. The molecule has 0 atom stereocenters. The Morgan fingerprint density at radius 2 is 0.893 bits per heavy atom. The van der Waals surface area contributed by atoms with Gasteiger partial charge in [-0.2, -0.15) is 0 Å². The predicted molar refractivity (Wildman–Crippen MR) is 113 cm³/mol. The zero-order chi connectivity index (χ0) is 18.3. The highest BCUT2D eigenvalue weighted by Crippen LogP contribution is 2.57. The molecule has 0 unspecified atom stereocenters. The van der Waals surface area contributed by atoms with Gasteiger partial charge in [-0.25, -0.2) is 4.98 Å². The number of pyridine rings is 1. The maximum atomic E-state index is 5.10. The fourth-order valence-electron chi connectivity index (χ4n) is 9.64. The van der Waals surface area contributed by atoms with Crippen molar-refractivity contribution >= 4 is 11.6 Å². The maximum Gasteiger partial charge on any atom is 0.128 e. The van der Waals surface area contributed by atoms with Gasteiger partial charge < -0.3 is 10.6 Å². The lowest BCUT2D eigenvalue weighted by Gasteiger charge is -2.57. The van der Waals surface area contributed by atoms with Crippen molar-refractivity contribution in [2.75, 3.05) is 10.6 Å². The van der Waals surface area contributed by atoms with E-state index in [0.717, 1.165) is 47.1 Å². The van der Waals surface area contributed by atoms with E-state index in [1.54, 1.807) is 0 Å². The molecule has 0 aliphatic heterocycles. The van der Waals surface area contributed by atoms with Crippen molar-refractivity contribution in [3.63, 3.8) is 0 Å². The smallest absolute Gasteiger partial charge is 0.128 e. The number of aromatic nitrogens is 1. The van der Waals surface area contributed by atoms with Crippen molar-refractivity contribution in [3.05, 3.63) is 18.2 Å². The molecule has 0 aromatic carbocycles. The van der Waals surface area contributed by atoms with Gasteiger partial charge in [0.2, 0.25) is 0 Å². The molecule has 8 bridgehead atoms. The Labute approximate surface area is 169 Å². The topological polar surface area (TPSA) is 37.0 Å². The first kappa shape index (κ1) is 16.5. The molecular formula is C25H35N3. The van der Waals surface area contributed by atoms with Crippen LogP contribution in [-0.2, 0) is 0 Å². The van der Waals surface area contributed by atoms with E-state index in [1.807, 2.05) is 0 Å². The molecule has 9 rings (SSSR count). The van der Waals surface area contributed by atoms with Gasteiger partial charge in [0.15, 0.2) is 0 Å². The molecule has 1 heterocycles. The van der Waals surface area contributed by atoms with Gasteiger partial charge in [0.05, 0.1) is 0 Å². The lowest BCUT2D eigenvalue weighted by atomic mass is 9.53. The van der Waals surface area contributed by atoms with Gasteiger partial charge in [-0.15, -0.1) is 0 Å². The molecule has 0 spiro atoms. The van der Waals surface area contributed by atoms with Crippen molar-refractivity contribution in [3.8, 4) is 0 Å². The number of hydrogen-bond donors (Lipinski definition) is 2. The molecule has 8 aliphatic rings. The summed E-state index contributed by atoms with van der Waals surface area (Å²) in [6.07, 6.45) is 17.3. The van der Waals surface area contributed by atoms with Crippen LogP contribution in [0.3, 0.4) is 0 Å². The van der Waals surface area contributed by atoms with Crippen LogP contribution < -0.4 is 10.6 Å². The number of rotatable bonds is 4. The monoisotopic (exact) mass is 377 g/mol. The molecule has 8 saturated carbocycles. The van der Waals surface area contributed by atoms with Gasteiger partial charge in [0.25, 0.3) is 0 Å². The molecule has 150 valence electrons. The third-order valence-electron chi connectivity index (χ3n) is 9.61. The van der Waals surface area contributed by atoms with Gasteiger partial charge in [-0.1, -0.05) is 6.07 Å². The largest absolute Gasteiger partial charge is 0.365 e. The van der Waals surface area contributed by atoms with Crippen molar-refractivity contribution in [2.24, 2.45) is 35.5 Å². The van der Waals surface area contributed by atoms with Crippen LogP contribution in [0.4, 0.5) is 11.6 Å². The highest BCUT2D eigenvalue weighted by atomic mass is 15.1. The molecule has 0 radical (unpaired) electrons. The Morgan fingerprint density at radius 1 is 0.571 bits per heavy atom. The van der Waals surface area contributed by atoms with Gasteiger partial charge in [-0.05, 0) is 125 Å². The quantitative estimate of drug-likeness (QED) is 0.692. The minimum Gasteiger partial charge on any atom is -0.365 e. The Bertz CT molecular complexity index is 652. The molecule has 3 nitrogen and oxygen atoms in total. The van der Waals surface area contributed by atoms with Crippen LogP contribution in [0.1, 0.15) is 77.0 Å². The highest BCUT2D eigenvalue weighted by molar-refractivity contribution is 5.49. The van der Waals surface area contributed by atoms with E-state index in [2.05, 4.69) is 28.8 Å². The van der Waals surface area contributed by atoms with Gasteiger partial charge in [-0.3, -0.25) is 0 Å². The van der Waals surface area contributed by atoms with Gasteiger partial charge >= 0.3 is 0 Å². The van der Waals surface area contributed by atoms with Crippen molar-refractivity contribution < 1.29 is 0 Å².